The zero-order valence-corrected chi connectivity index (χ0v) is 17.3. The van der Waals surface area contributed by atoms with Crippen molar-refractivity contribution in [2.24, 2.45) is 11.0 Å². The van der Waals surface area contributed by atoms with Gasteiger partial charge in [-0.1, -0.05) is 12.1 Å². The molecule has 0 aliphatic carbocycles. The average Bonchev–Trinajstić information content (AvgIpc) is 3.19. The van der Waals surface area contributed by atoms with Crippen LogP contribution >= 0.6 is 0 Å². The summed E-state index contributed by atoms with van der Waals surface area (Å²) < 4.78 is 19.9. The van der Waals surface area contributed by atoms with Crippen LogP contribution in [0.2, 0.25) is 0 Å². The quantitative estimate of drug-likeness (QED) is 0.777. The summed E-state index contributed by atoms with van der Waals surface area (Å²) in [6.07, 6.45) is 1.76. The van der Waals surface area contributed by atoms with E-state index in [9.17, 15) is 14.3 Å². The second kappa shape index (κ2) is 7.85. The van der Waals surface area contributed by atoms with Crippen LogP contribution in [0.1, 0.15) is 30.0 Å². The number of nitrogens with zero attached hydrogens (tertiary/aromatic N) is 3. The number of phenolic OH excluding ortho intramolecular Hbond substituents is 1. The molecule has 0 bridgehead atoms. The number of carbonyl (C=O) groups is 1. The molecule has 2 amide bonds. The molecule has 0 radical (unpaired) electrons. The van der Waals surface area contributed by atoms with Crippen LogP contribution in [-0.4, -0.2) is 59.5 Å². The third kappa shape index (κ3) is 3.50. The number of amides is 2. The number of aromatic hydroxyl groups is 1. The zero-order valence-electron chi connectivity index (χ0n) is 17.3. The first-order valence-corrected chi connectivity index (χ1v) is 10.6. The van der Waals surface area contributed by atoms with Crippen LogP contribution in [0.3, 0.4) is 0 Å². The number of benzene rings is 2. The SMILES string of the molecule is CN(C(=O)N1N=C2c3cc(F)ccc3OC[C@@H]2[C@H]1c1cccc(O)c1)C1CCNCC1. The number of rotatable bonds is 2. The van der Waals surface area contributed by atoms with Gasteiger partial charge in [-0.2, -0.15) is 5.10 Å². The molecule has 0 unspecified atom stereocenters. The van der Waals surface area contributed by atoms with Crippen LogP contribution in [0.25, 0.3) is 0 Å². The van der Waals surface area contributed by atoms with E-state index in [1.54, 1.807) is 29.2 Å². The summed E-state index contributed by atoms with van der Waals surface area (Å²) in [5.74, 6) is 0.0398. The lowest BCUT2D eigenvalue weighted by Crippen LogP contribution is -2.48. The number of hydrogen-bond acceptors (Lipinski definition) is 5. The first-order chi connectivity index (χ1) is 15.0. The van der Waals surface area contributed by atoms with Crippen LogP contribution in [0.5, 0.6) is 11.5 Å². The molecule has 0 spiro atoms. The van der Waals surface area contributed by atoms with E-state index in [2.05, 4.69) is 5.32 Å². The van der Waals surface area contributed by atoms with Gasteiger partial charge in [-0.3, -0.25) is 0 Å². The summed E-state index contributed by atoms with van der Waals surface area (Å²) >= 11 is 0. The highest BCUT2D eigenvalue weighted by molar-refractivity contribution is 6.07. The van der Waals surface area contributed by atoms with E-state index in [0.717, 1.165) is 31.5 Å². The summed E-state index contributed by atoms with van der Waals surface area (Å²) in [6.45, 7) is 2.06. The van der Waals surface area contributed by atoms with Crippen LogP contribution in [-0.2, 0) is 0 Å². The predicted octanol–water partition coefficient (Wildman–Crippen LogP) is 3.10. The Morgan fingerprint density at radius 1 is 1.26 bits per heavy atom. The molecule has 0 aromatic heterocycles. The summed E-state index contributed by atoms with van der Waals surface area (Å²) in [7, 11) is 1.81. The lowest BCUT2D eigenvalue weighted by Gasteiger charge is -2.36. The number of hydrazone groups is 1. The zero-order chi connectivity index (χ0) is 21.5. The first-order valence-electron chi connectivity index (χ1n) is 10.6. The number of nitrogens with one attached hydrogen (secondary N) is 1. The van der Waals surface area contributed by atoms with E-state index >= 15 is 0 Å². The second-order valence-corrected chi connectivity index (χ2v) is 8.30. The molecule has 1 fully saturated rings. The lowest BCUT2D eigenvalue weighted by molar-refractivity contribution is 0.114. The maximum atomic E-state index is 14.0. The monoisotopic (exact) mass is 424 g/mol. The Kier molecular flexibility index (Phi) is 5.02. The van der Waals surface area contributed by atoms with E-state index in [-0.39, 0.29) is 29.6 Å². The number of phenols is 1. The van der Waals surface area contributed by atoms with E-state index in [1.165, 1.54) is 17.1 Å². The Morgan fingerprint density at radius 2 is 2.06 bits per heavy atom. The Morgan fingerprint density at radius 3 is 2.84 bits per heavy atom. The molecule has 2 N–H and O–H groups in total. The van der Waals surface area contributed by atoms with Crippen LogP contribution < -0.4 is 10.1 Å². The van der Waals surface area contributed by atoms with Crippen LogP contribution in [0.4, 0.5) is 9.18 Å². The van der Waals surface area contributed by atoms with Gasteiger partial charge in [0.2, 0.25) is 0 Å². The molecule has 0 saturated carbocycles. The van der Waals surface area contributed by atoms with Crippen molar-refractivity contribution in [3.63, 3.8) is 0 Å². The number of piperidine rings is 1. The van der Waals surface area contributed by atoms with Crippen molar-refractivity contribution in [2.45, 2.75) is 24.9 Å². The molecular weight excluding hydrogens is 399 g/mol. The molecule has 2 aromatic carbocycles. The highest BCUT2D eigenvalue weighted by atomic mass is 19.1. The Labute approximate surface area is 180 Å². The van der Waals surface area contributed by atoms with Crippen LogP contribution in [0, 0.1) is 11.7 Å². The van der Waals surface area contributed by atoms with Crippen molar-refractivity contribution in [1.29, 1.82) is 0 Å². The highest BCUT2D eigenvalue weighted by Crippen LogP contribution is 2.43. The molecule has 8 heteroatoms. The fourth-order valence-corrected chi connectivity index (χ4v) is 4.76. The van der Waals surface area contributed by atoms with Crippen molar-refractivity contribution in [1.82, 2.24) is 15.2 Å². The molecule has 31 heavy (non-hydrogen) atoms. The number of hydrogen-bond donors (Lipinski definition) is 2. The molecule has 2 atom stereocenters. The fraction of sp³-hybridized carbons (Fsp3) is 0.391. The minimum atomic E-state index is -0.449. The fourth-order valence-electron chi connectivity index (χ4n) is 4.76. The standard InChI is InChI=1S/C23H25FN4O3/c1-27(16-7-9-25-10-8-16)23(30)28-22(14-3-2-4-17(29)11-14)19-13-31-20-6-5-15(24)12-18(20)21(19)26-28/h2-6,11-12,16,19,22,25,29H,7-10,13H2,1H3/t19-,22+/m0/s1. The molecule has 5 rings (SSSR count). The Balaban J connectivity index is 1.55. The van der Waals surface area contributed by atoms with Gasteiger partial charge in [0.15, 0.2) is 0 Å². The van der Waals surface area contributed by atoms with E-state index in [1.807, 2.05) is 13.1 Å². The summed E-state index contributed by atoms with van der Waals surface area (Å²) in [5.41, 5.74) is 1.97. The molecule has 162 valence electrons. The van der Waals surface area contributed by atoms with Gasteiger partial charge in [-0.25, -0.2) is 14.2 Å². The third-order valence-corrected chi connectivity index (χ3v) is 6.41. The third-order valence-electron chi connectivity index (χ3n) is 6.41. The number of carbonyl (C=O) groups excluding carboxylic acids is 1. The van der Waals surface area contributed by atoms with Gasteiger partial charge in [0.05, 0.1) is 24.3 Å². The highest BCUT2D eigenvalue weighted by Gasteiger charge is 2.46. The van der Waals surface area contributed by atoms with E-state index < -0.39 is 6.04 Å². The van der Waals surface area contributed by atoms with Gasteiger partial charge in [0, 0.05) is 18.7 Å². The number of ether oxygens (including phenoxy) is 1. The van der Waals surface area contributed by atoms with Crippen molar-refractivity contribution in [3.8, 4) is 11.5 Å². The summed E-state index contributed by atoms with van der Waals surface area (Å²) in [4.78, 5) is 15.3. The van der Waals surface area contributed by atoms with Gasteiger partial charge in [0.1, 0.15) is 17.3 Å². The predicted molar refractivity (Wildman–Crippen MR) is 114 cm³/mol. The molecule has 7 nitrogen and oxygen atoms in total. The number of urea groups is 1. The van der Waals surface area contributed by atoms with Gasteiger partial charge >= 0.3 is 6.03 Å². The van der Waals surface area contributed by atoms with Crippen molar-refractivity contribution in [3.05, 3.63) is 59.4 Å². The minimum Gasteiger partial charge on any atom is -0.508 e. The van der Waals surface area contributed by atoms with Crippen LogP contribution in [0.15, 0.2) is 47.6 Å². The average molecular weight is 424 g/mol. The van der Waals surface area contributed by atoms with E-state index in [4.69, 9.17) is 9.84 Å². The van der Waals surface area contributed by atoms with Gasteiger partial charge in [0.25, 0.3) is 0 Å². The second-order valence-electron chi connectivity index (χ2n) is 8.30. The number of halogens is 1. The maximum absolute atomic E-state index is 14.0. The van der Waals surface area contributed by atoms with Gasteiger partial charge < -0.3 is 20.1 Å². The Hall–Kier alpha value is -3.13. The summed E-state index contributed by atoms with van der Waals surface area (Å²) in [5, 5.41) is 19.6. The van der Waals surface area contributed by atoms with Crippen molar-refractivity contribution < 1.29 is 19.0 Å². The molecular formula is C23H25FN4O3. The topological polar surface area (TPSA) is 77.4 Å². The normalized spacial score (nSPS) is 22.9. The first kappa shape index (κ1) is 19.8. The molecule has 2 aromatic rings. The van der Waals surface area contributed by atoms with E-state index in [0.29, 0.717) is 23.6 Å². The van der Waals surface area contributed by atoms with Gasteiger partial charge in [-0.05, 0) is 61.8 Å². The molecule has 3 aliphatic rings. The lowest BCUT2D eigenvalue weighted by atomic mass is 9.86. The molecule has 3 aliphatic heterocycles. The van der Waals surface area contributed by atoms with Crippen molar-refractivity contribution >= 4 is 11.7 Å². The largest absolute Gasteiger partial charge is 0.508 e. The van der Waals surface area contributed by atoms with Gasteiger partial charge in [-0.15, -0.1) is 0 Å². The molecule has 1 saturated heterocycles. The number of fused-ring (bicyclic) bond motifs is 3. The summed E-state index contributed by atoms with van der Waals surface area (Å²) in [6, 6.07) is 10.7. The Bertz CT molecular complexity index is 1040. The smallest absolute Gasteiger partial charge is 0.341 e. The van der Waals surface area contributed by atoms with Crippen molar-refractivity contribution in [2.75, 3.05) is 26.7 Å². The maximum Gasteiger partial charge on any atom is 0.341 e. The molecule has 3 heterocycles. The minimum absolute atomic E-state index is 0.119.